The summed E-state index contributed by atoms with van der Waals surface area (Å²) in [7, 11) is 1.75. The molecule has 21 heavy (non-hydrogen) atoms. The van der Waals surface area contributed by atoms with Gasteiger partial charge in [-0.15, -0.1) is 0 Å². The van der Waals surface area contributed by atoms with Gasteiger partial charge in [-0.3, -0.25) is 4.90 Å². The quantitative estimate of drug-likeness (QED) is 0.778. The van der Waals surface area contributed by atoms with Crippen LogP contribution in [0.1, 0.15) is 19.8 Å². The molecule has 1 aliphatic rings. The van der Waals surface area contributed by atoms with Crippen LogP contribution in [-0.4, -0.2) is 55.1 Å². The topological polar surface area (TPSA) is 68.0 Å². The van der Waals surface area contributed by atoms with E-state index < -0.39 is 6.10 Å². The van der Waals surface area contributed by atoms with Crippen molar-refractivity contribution in [2.75, 3.05) is 39.1 Å². The highest BCUT2D eigenvalue weighted by Crippen LogP contribution is 2.24. The standard InChI is InChI=1S/C16H26N2O3/c1-16(20-2)7-4-8-18(12-16)10-14(19)11-21-15-6-3-5-13(17)9-15/h3,5-6,9,14,19H,4,7-8,10-12,17H2,1-2H3. The van der Waals surface area contributed by atoms with E-state index >= 15 is 0 Å². The second-order valence-electron chi connectivity index (χ2n) is 6.03. The fraction of sp³-hybridized carbons (Fsp3) is 0.625. The minimum atomic E-state index is -0.523. The van der Waals surface area contributed by atoms with E-state index in [1.54, 1.807) is 13.2 Å². The van der Waals surface area contributed by atoms with Crippen LogP contribution in [0.4, 0.5) is 5.69 Å². The van der Waals surface area contributed by atoms with Gasteiger partial charge in [0.25, 0.3) is 0 Å². The summed E-state index contributed by atoms with van der Waals surface area (Å²) >= 11 is 0. The molecular formula is C16H26N2O3. The van der Waals surface area contributed by atoms with E-state index in [4.69, 9.17) is 15.2 Å². The molecule has 0 spiro atoms. The molecule has 5 heteroatoms. The van der Waals surface area contributed by atoms with E-state index in [0.717, 1.165) is 25.9 Å². The molecule has 1 saturated heterocycles. The van der Waals surface area contributed by atoms with Crippen LogP contribution in [-0.2, 0) is 4.74 Å². The zero-order valence-electron chi connectivity index (χ0n) is 12.9. The summed E-state index contributed by atoms with van der Waals surface area (Å²) in [6, 6.07) is 7.25. The van der Waals surface area contributed by atoms with E-state index in [1.165, 1.54) is 0 Å². The molecule has 1 aliphatic heterocycles. The molecule has 2 unspecified atom stereocenters. The first-order chi connectivity index (χ1) is 10.0. The second-order valence-corrected chi connectivity index (χ2v) is 6.03. The van der Waals surface area contributed by atoms with E-state index in [0.29, 0.717) is 18.0 Å². The lowest BCUT2D eigenvalue weighted by molar-refractivity contribution is -0.0608. The van der Waals surface area contributed by atoms with Gasteiger partial charge in [-0.1, -0.05) is 6.07 Å². The Balaban J connectivity index is 1.78. The summed E-state index contributed by atoms with van der Waals surface area (Å²) < 4.78 is 11.1. The van der Waals surface area contributed by atoms with Crippen molar-refractivity contribution >= 4 is 5.69 Å². The van der Waals surface area contributed by atoms with Crippen LogP contribution >= 0.6 is 0 Å². The number of β-amino-alcohol motifs (C(OH)–C–C–N with tert-alkyl or cyclic N) is 1. The number of methoxy groups -OCH3 is 1. The molecule has 2 rings (SSSR count). The van der Waals surface area contributed by atoms with Gasteiger partial charge in [0.2, 0.25) is 0 Å². The lowest BCUT2D eigenvalue weighted by Gasteiger charge is -2.40. The molecule has 0 radical (unpaired) electrons. The summed E-state index contributed by atoms with van der Waals surface area (Å²) in [4.78, 5) is 2.24. The number of hydrogen-bond acceptors (Lipinski definition) is 5. The Kier molecular flexibility index (Phi) is 5.45. The highest BCUT2D eigenvalue weighted by molar-refractivity contribution is 5.43. The van der Waals surface area contributed by atoms with E-state index in [9.17, 15) is 5.11 Å². The van der Waals surface area contributed by atoms with Crippen molar-refractivity contribution < 1.29 is 14.6 Å². The predicted molar refractivity (Wildman–Crippen MR) is 83.4 cm³/mol. The van der Waals surface area contributed by atoms with Crippen LogP contribution in [0.5, 0.6) is 5.75 Å². The zero-order valence-corrected chi connectivity index (χ0v) is 12.9. The largest absolute Gasteiger partial charge is 0.491 e. The van der Waals surface area contributed by atoms with Gasteiger partial charge < -0.3 is 20.3 Å². The molecule has 1 aromatic rings. The van der Waals surface area contributed by atoms with Crippen LogP contribution in [0.25, 0.3) is 0 Å². The van der Waals surface area contributed by atoms with Gasteiger partial charge >= 0.3 is 0 Å². The summed E-state index contributed by atoms with van der Waals surface area (Å²) in [6.07, 6.45) is 1.63. The highest BCUT2D eigenvalue weighted by Gasteiger charge is 2.31. The van der Waals surface area contributed by atoms with Crippen LogP contribution in [0.2, 0.25) is 0 Å². The lowest BCUT2D eigenvalue weighted by atomic mass is 9.94. The van der Waals surface area contributed by atoms with Gasteiger partial charge in [0.1, 0.15) is 18.5 Å². The average Bonchev–Trinajstić information content (AvgIpc) is 2.45. The number of hydrogen-bond donors (Lipinski definition) is 2. The number of piperidine rings is 1. The molecule has 1 aromatic carbocycles. The maximum atomic E-state index is 10.1. The van der Waals surface area contributed by atoms with Gasteiger partial charge in [-0.25, -0.2) is 0 Å². The number of nitrogen functional groups attached to an aromatic ring is 1. The van der Waals surface area contributed by atoms with Crippen molar-refractivity contribution in [3.05, 3.63) is 24.3 Å². The third-order valence-electron chi connectivity index (χ3n) is 4.00. The van der Waals surface area contributed by atoms with Gasteiger partial charge in [-0.05, 0) is 38.4 Å². The van der Waals surface area contributed by atoms with Crippen molar-refractivity contribution in [2.24, 2.45) is 0 Å². The van der Waals surface area contributed by atoms with Crippen LogP contribution in [0, 0.1) is 0 Å². The first-order valence-corrected chi connectivity index (χ1v) is 7.45. The molecule has 1 fully saturated rings. The Bertz CT molecular complexity index is 455. The molecule has 0 bridgehead atoms. The summed E-state index contributed by atoms with van der Waals surface area (Å²) in [6.45, 7) is 4.83. The Morgan fingerprint density at radius 3 is 3.00 bits per heavy atom. The Labute approximate surface area is 126 Å². The van der Waals surface area contributed by atoms with Crippen molar-refractivity contribution in [3.8, 4) is 5.75 Å². The minimum Gasteiger partial charge on any atom is -0.491 e. The van der Waals surface area contributed by atoms with Crippen LogP contribution in [0.3, 0.4) is 0 Å². The smallest absolute Gasteiger partial charge is 0.121 e. The number of aliphatic hydroxyl groups excluding tert-OH is 1. The lowest BCUT2D eigenvalue weighted by Crippen LogP contribution is -2.50. The molecule has 0 aliphatic carbocycles. The summed E-state index contributed by atoms with van der Waals surface area (Å²) in [5.74, 6) is 0.689. The zero-order chi connectivity index (χ0) is 15.3. The molecule has 0 saturated carbocycles. The van der Waals surface area contributed by atoms with Crippen LogP contribution in [0.15, 0.2) is 24.3 Å². The first kappa shape index (κ1) is 16.1. The third kappa shape index (κ3) is 4.88. The Morgan fingerprint density at radius 2 is 2.29 bits per heavy atom. The van der Waals surface area contributed by atoms with Crippen molar-refractivity contribution in [3.63, 3.8) is 0 Å². The van der Waals surface area contributed by atoms with Crippen molar-refractivity contribution in [1.29, 1.82) is 0 Å². The molecule has 2 atom stereocenters. The van der Waals surface area contributed by atoms with E-state index in [-0.39, 0.29) is 12.2 Å². The SMILES string of the molecule is COC1(C)CCCN(CC(O)COc2cccc(N)c2)C1. The van der Waals surface area contributed by atoms with Gasteiger partial charge in [0.05, 0.1) is 5.60 Å². The van der Waals surface area contributed by atoms with Gasteiger partial charge in [-0.2, -0.15) is 0 Å². The Hall–Kier alpha value is -1.30. The number of benzene rings is 1. The monoisotopic (exact) mass is 294 g/mol. The van der Waals surface area contributed by atoms with E-state index in [1.807, 2.05) is 18.2 Å². The fourth-order valence-electron chi connectivity index (χ4n) is 2.78. The number of ether oxygens (including phenoxy) is 2. The molecule has 3 N–H and O–H groups in total. The van der Waals surface area contributed by atoms with Gasteiger partial charge in [0.15, 0.2) is 0 Å². The third-order valence-corrected chi connectivity index (χ3v) is 4.00. The Morgan fingerprint density at radius 1 is 1.48 bits per heavy atom. The molecule has 5 nitrogen and oxygen atoms in total. The summed E-state index contributed by atoms with van der Waals surface area (Å²) in [5.41, 5.74) is 6.25. The van der Waals surface area contributed by atoms with Crippen molar-refractivity contribution in [1.82, 2.24) is 4.90 Å². The molecule has 1 heterocycles. The predicted octanol–water partition coefficient (Wildman–Crippen LogP) is 1.51. The fourth-order valence-corrected chi connectivity index (χ4v) is 2.78. The minimum absolute atomic E-state index is 0.104. The normalized spacial score (nSPS) is 24.7. The summed E-state index contributed by atoms with van der Waals surface area (Å²) in [5, 5.41) is 10.1. The molecule has 0 amide bonds. The number of aliphatic hydroxyl groups is 1. The number of nitrogens with two attached hydrogens (primary N) is 1. The number of likely N-dealkylation sites (tertiary alicyclic amines) is 1. The van der Waals surface area contributed by atoms with E-state index in [2.05, 4.69) is 11.8 Å². The molecule has 0 aromatic heterocycles. The highest BCUT2D eigenvalue weighted by atomic mass is 16.5. The molecular weight excluding hydrogens is 268 g/mol. The average molecular weight is 294 g/mol. The second kappa shape index (κ2) is 7.11. The maximum absolute atomic E-state index is 10.1. The van der Waals surface area contributed by atoms with Crippen molar-refractivity contribution in [2.45, 2.75) is 31.5 Å². The maximum Gasteiger partial charge on any atom is 0.121 e. The van der Waals surface area contributed by atoms with Gasteiger partial charge in [0, 0.05) is 32.0 Å². The number of anilines is 1. The first-order valence-electron chi connectivity index (χ1n) is 7.45. The number of nitrogens with zero attached hydrogens (tertiary/aromatic N) is 1. The number of rotatable bonds is 6. The molecule has 118 valence electrons. The van der Waals surface area contributed by atoms with Crippen LogP contribution < -0.4 is 10.5 Å².